The van der Waals surface area contributed by atoms with Gasteiger partial charge in [-0.2, -0.15) is 5.26 Å². The van der Waals surface area contributed by atoms with Crippen LogP contribution in [0.25, 0.3) is 0 Å². The van der Waals surface area contributed by atoms with Crippen molar-refractivity contribution in [2.24, 2.45) is 0 Å². The lowest BCUT2D eigenvalue weighted by Gasteiger charge is -2.11. The zero-order valence-electron chi connectivity index (χ0n) is 9.55. The number of nitrogens with one attached hydrogen (secondary N) is 1. The summed E-state index contributed by atoms with van der Waals surface area (Å²) in [5.74, 6) is -1.16. The molecule has 0 aliphatic heterocycles. The molecule has 0 atom stereocenters. The summed E-state index contributed by atoms with van der Waals surface area (Å²) in [6.45, 7) is 0. The maximum atomic E-state index is 13.4. The summed E-state index contributed by atoms with van der Waals surface area (Å²) in [5.41, 5.74) is 6.36. The van der Waals surface area contributed by atoms with Gasteiger partial charge in [0.25, 0.3) is 0 Å². The van der Waals surface area contributed by atoms with E-state index in [2.05, 4.69) is 21.2 Å². The van der Waals surface area contributed by atoms with E-state index in [1.165, 1.54) is 30.3 Å². The van der Waals surface area contributed by atoms with Crippen molar-refractivity contribution in [1.29, 1.82) is 5.26 Å². The monoisotopic (exact) mass is 323 g/mol. The molecule has 0 saturated carbocycles. The fourth-order valence-electron chi connectivity index (χ4n) is 1.56. The fourth-order valence-corrected chi connectivity index (χ4v) is 1.92. The highest BCUT2D eigenvalue weighted by Crippen LogP contribution is 2.30. The van der Waals surface area contributed by atoms with E-state index < -0.39 is 11.6 Å². The molecule has 0 aromatic heterocycles. The highest BCUT2D eigenvalue weighted by molar-refractivity contribution is 9.10. The fraction of sp³-hybridized carbons (Fsp3) is 0. The number of halogens is 3. The molecule has 0 bridgehead atoms. The molecule has 0 amide bonds. The molecule has 0 radical (unpaired) electrons. The summed E-state index contributed by atoms with van der Waals surface area (Å²) in [7, 11) is 0. The summed E-state index contributed by atoms with van der Waals surface area (Å²) in [5, 5.41) is 11.7. The van der Waals surface area contributed by atoms with Gasteiger partial charge in [-0.1, -0.05) is 6.07 Å². The van der Waals surface area contributed by atoms with Crippen LogP contribution in [-0.4, -0.2) is 0 Å². The van der Waals surface area contributed by atoms with E-state index in [1.54, 1.807) is 6.07 Å². The number of benzene rings is 2. The smallest absolute Gasteiger partial charge is 0.143 e. The molecule has 2 rings (SSSR count). The van der Waals surface area contributed by atoms with Crippen molar-refractivity contribution in [3.05, 3.63) is 52.0 Å². The standard InChI is InChI=1S/C13H8BrF2N3/c14-8-4-11(18)13(5-10(8)16)19-12-3-1-2-9(15)7(12)6-17/h1-5,19H,18H2. The van der Waals surface area contributed by atoms with E-state index in [4.69, 9.17) is 11.0 Å². The molecule has 0 unspecified atom stereocenters. The van der Waals surface area contributed by atoms with Crippen LogP contribution in [0.4, 0.5) is 25.8 Å². The van der Waals surface area contributed by atoms with Crippen molar-refractivity contribution in [3.63, 3.8) is 0 Å². The van der Waals surface area contributed by atoms with E-state index in [0.717, 1.165) is 0 Å². The van der Waals surface area contributed by atoms with Crippen LogP contribution in [0.2, 0.25) is 0 Å². The highest BCUT2D eigenvalue weighted by atomic mass is 79.9. The van der Waals surface area contributed by atoms with Crippen LogP contribution in [0.15, 0.2) is 34.8 Å². The van der Waals surface area contributed by atoms with Gasteiger partial charge in [0.15, 0.2) is 0 Å². The predicted molar refractivity (Wildman–Crippen MR) is 72.9 cm³/mol. The van der Waals surface area contributed by atoms with Crippen molar-refractivity contribution < 1.29 is 8.78 Å². The van der Waals surface area contributed by atoms with Gasteiger partial charge in [0.05, 0.1) is 21.5 Å². The first-order valence-corrected chi connectivity index (χ1v) is 6.02. The number of nitriles is 1. The van der Waals surface area contributed by atoms with Gasteiger partial charge in [0, 0.05) is 6.07 Å². The van der Waals surface area contributed by atoms with Crippen LogP contribution in [-0.2, 0) is 0 Å². The first-order chi connectivity index (χ1) is 9.02. The normalized spacial score (nSPS) is 10.0. The van der Waals surface area contributed by atoms with E-state index in [-0.39, 0.29) is 27.1 Å². The van der Waals surface area contributed by atoms with Crippen LogP contribution < -0.4 is 11.1 Å². The first kappa shape index (κ1) is 13.3. The number of nitrogens with zero attached hydrogens (tertiary/aromatic N) is 1. The Morgan fingerprint density at radius 1 is 1.16 bits per heavy atom. The summed E-state index contributed by atoms with van der Waals surface area (Å²) in [6.07, 6.45) is 0. The topological polar surface area (TPSA) is 61.8 Å². The molecule has 96 valence electrons. The second kappa shape index (κ2) is 5.24. The van der Waals surface area contributed by atoms with Crippen LogP contribution in [0.1, 0.15) is 5.56 Å². The number of anilines is 3. The molecule has 0 aliphatic carbocycles. The molecular weight excluding hydrogens is 316 g/mol. The Kier molecular flexibility index (Phi) is 3.67. The van der Waals surface area contributed by atoms with E-state index in [0.29, 0.717) is 0 Å². The van der Waals surface area contributed by atoms with Gasteiger partial charge in [0.2, 0.25) is 0 Å². The van der Waals surface area contributed by atoms with Crippen LogP contribution in [0.5, 0.6) is 0 Å². The van der Waals surface area contributed by atoms with Crippen molar-refractivity contribution in [2.75, 3.05) is 11.1 Å². The SMILES string of the molecule is N#Cc1c(F)cccc1Nc1cc(F)c(Br)cc1N. The lowest BCUT2D eigenvalue weighted by molar-refractivity contribution is 0.622. The van der Waals surface area contributed by atoms with E-state index in [1.807, 2.05) is 0 Å². The molecular formula is C13H8BrF2N3. The molecule has 2 aromatic rings. The summed E-state index contributed by atoms with van der Waals surface area (Å²) < 4.78 is 27.1. The number of nitrogen functional groups attached to an aromatic ring is 1. The lowest BCUT2D eigenvalue weighted by atomic mass is 10.1. The molecule has 3 N–H and O–H groups in total. The molecule has 0 spiro atoms. The minimum Gasteiger partial charge on any atom is -0.397 e. The maximum Gasteiger partial charge on any atom is 0.143 e. The second-order valence-corrected chi connectivity index (χ2v) is 4.61. The molecule has 19 heavy (non-hydrogen) atoms. The highest BCUT2D eigenvalue weighted by Gasteiger charge is 2.11. The van der Waals surface area contributed by atoms with Crippen molar-refractivity contribution >= 4 is 33.0 Å². The lowest BCUT2D eigenvalue weighted by Crippen LogP contribution is -2.00. The van der Waals surface area contributed by atoms with Gasteiger partial charge < -0.3 is 11.1 Å². The van der Waals surface area contributed by atoms with Crippen LogP contribution in [0, 0.1) is 23.0 Å². The summed E-state index contributed by atoms with van der Waals surface area (Å²) in [4.78, 5) is 0. The Bertz CT molecular complexity index is 680. The van der Waals surface area contributed by atoms with Crippen molar-refractivity contribution in [2.45, 2.75) is 0 Å². The average molecular weight is 324 g/mol. The number of hydrogen-bond donors (Lipinski definition) is 2. The number of hydrogen-bond acceptors (Lipinski definition) is 3. The third-order valence-corrected chi connectivity index (χ3v) is 3.09. The van der Waals surface area contributed by atoms with E-state index in [9.17, 15) is 8.78 Å². The van der Waals surface area contributed by atoms with Crippen molar-refractivity contribution in [3.8, 4) is 6.07 Å². The van der Waals surface area contributed by atoms with Gasteiger partial charge in [-0.15, -0.1) is 0 Å². The third kappa shape index (κ3) is 2.66. The molecule has 0 fully saturated rings. The Hall–Kier alpha value is -2.13. The minimum atomic E-state index is -0.649. The first-order valence-electron chi connectivity index (χ1n) is 5.23. The van der Waals surface area contributed by atoms with Gasteiger partial charge in [-0.3, -0.25) is 0 Å². The second-order valence-electron chi connectivity index (χ2n) is 3.75. The Morgan fingerprint density at radius 2 is 1.89 bits per heavy atom. The zero-order valence-corrected chi connectivity index (χ0v) is 11.1. The molecule has 0 heterocycles. The molecule has 0 saturated heterocycles. The Balaban J connectivity index is 2.45. The quantitative estimate of drug-likeness (QED) is 0.823. The largest absolute Gasteiger partial charge is 0.397 e. The summed E-state index contributed by atoms with van der Waals surface area (Å²) >= 11 is 3.01. The zero-order chi connectivity index (χ0) is 14.0. The number of nitrogens with two attached hydrogens (primary N) is 1. The molecule has 3 nitrogen and oxygen atoms in total. The molecule has 2 aromatic carbocycles. The molecule has 6 heteroatoms. The Morgan fingerprint density at radius 3 is 2.58 bits per heavy atom. The van der Waals surface area contributed by atoms with Crippen LogP contribution >= 0.6 is 15.9 Å². The van der Waals surface area contributed by atoms with Gasteiger partial charge in [-0.25, -0.2) is 8.78 Å². The average Bonchev–Trinajstić information content (AvgIpc) is 2.36. The van der Waals surface area contributed by atoms with E-state index >= 15 is 0 Å². The number of rotatable bonds is 2. The van der Waals surface area contributed by atoms with Gasteiger partial charge in [0.1, 0.15) is 23.3 Å². The maximum absolute atomic E-state index is 13.4. The third-order valence-electron chi connectivity index (χ3n) is 2.49. The van der Waals surface area contributed by atoms with Gasteiger partial charge in [-0.05, 0) is 34.1 Å². The van der Waals surface area contributed by atoms with Crippen LogP contribution in [0.3, 0.4) is 0 Å². The van der Waals surface area contributed by atoms with Gasteiger partial charge >= 0.3 is 0 Å². The molecule has 0 aliphatic rings. The van der Waals surface area contributed by atoms with Crippen molar-refractivity contribution in [1.82, 2.24) is 0 Å². The summed E-state index contributed by atoms with van der Waals surface area (Å²) in [6, 6.07) is 8.45. The Labute approximate surface area is 116 Å². The minimum absolute atomic E-state index is 0.148. The predicted octanol–water partition coefficient (Wildman–Crippen LogP) is 3.92.